The Morgan fingerprint density at radius 2 is 1.53 bits per heavy atom. The quantitative estimate of drug-likeness (QED) is 0.239. The van der Waals surface area contributed by atoms with Crippen LogP contribution in [0, 0.1) is 0 Å². The predicted molar refractivity (Wildman–Crippen MR) is 145 cm³/mol. The van der Waals surface area contributed by atoms with Crippen LogP contribution in [-0.2, 0) is 4.74 Å². The minimum Gasteiger partial charge on any atom is -0.378 e. The van der Waals surface area contributed by atoms with Crippen LogP contribution in [0.25, 0.3) is 0 Å². The standard InChI is InChI=1S/C26H23Cl2N7O/c27-20-12-11-19(23(28)17-20)18-29-33-24-30-25(34-13-15-36-16-14-34)32-26(31-24)35(21-7-3-1-4-8-21)22-9-5-2-6-10-22/h1-12,17-18H,13-16H2,(H,30,31,32,33)/b29-18-. The van der Waals surface area contributed by atoms with Crippen LogP contribution in [0.5, 0.6) is 0 Å². The lowest BCUT2D eigenvalue weighted by Crippen LogP contribution is -2.37. The summed E-state index contributed by atoms with van der Waals surface area (Å²) in [4.78, 5) is 18.3. The SMILES string of the molecule is Clc1ccc(/C=N\Nc2nc(N3CCOCC3)nc(N(c3ccccc3)c3ccccc3)n2)c(Cl)c1. The molecule has 0 atom stereocenters. The van der Waals surface area contributed by atoms with E-state index in [4.69, 9.17) is 37.9 Å². The molecule has 1 fully saturated rings. The first kappa shape index (κ1) is 24.0. The van der Waals surface area contributed by atoms with Gasteiger partial charge in [0.05, 0.1) is 24.5 Å². The van der Waals surface area contributed by atoms with Gasteiger partial charge in [0.2, 0.25) is 17.8 Å². The van der Waals surface area contributed by atoms with Crippen LogP contribution in [0.3, 0.4) is 0 Å². The Morgan fingerprint density at radius 1 is 0.861 bits per heavy atom. The highest BCUT2D eigenvalue weighted by atomic mass is 35.5. The fourth-order valence-corrected chi connectivity index (χ4v) is 4.17. The average Bonchev–Trinajstić information content (AvgIpc) is 2.92. The maximum Gasteiger partial charge on any atom is 0.250 e. The van der Waals surface area contributed by atoms with Crippen molar-refractivity contribution in [1.29, 1.82) is 0 Å². The fraction of sp³-hybridized carbons (Fsp3) is 0.154. The Hall–Kier alpha value is -3.72. The number of morpholine rings is 1. The Kier molecular flexibility index (Phi) is 7.56. The molecule has 1 saturated heterocycles. The monoisotopic (exact) mass is 519 g/mol. The average molecular weight is 520 g/mol. The van der Waals surface area contributed by atoms with E-state index in [2.05, 4.69) is 20.4 Å². The fourth-order valence-electron chi connectivity index (χ4n) is 3.71. The predicted octanol–water partition coefficient (Wildman–Crippen LogP) is 5.93. The van der Waals surface area contributed by atoms with Crippen molar-refractivity contribution >= 4 is 58.6 Å². The minimum absolute atomic E-state index is 0.305. The van der Waals surface area contributed by atoms with Crippen LogP contribution in [0.1, 0.15) is 5.56 Å². The number of hydrogen-bond donors (Lipinski definition) is 1. The van der Waals surface area contributed by atoms with Crippen molar-refractivity contribution in [2.45, 2.75) is 0 Å². The molecule has 0 aliphatic carbocycles. The van der Waals surface area contributed by atoms with Gasteiger partial charge in [0.25, 0.3) is 0 Å². The van der Waals surface area contributed by atoms with Crippen molar-refractivity contribution in [2.24, 2.45) is 5.10 Å². The minimum atomic E-state index is 0.305. The van der Waals surface area contributed by atoms with E-state index in [1.165, 1.54) is 0 Å². The van der Waals surface area contributed by atoms with Crippen molar-refractivity contribution in [2.75, 3.05) is 41.5 Å². The van der Waals surface area contributed by atoms with Crippen LogP contribution in [-0.4, -0.2) is 47.5 Å². The third-order valence-electron chi connectivity index (χ3n) is 5.47. The van der Waals surface area contributed by atoms with Crippen molar-refractivity contribution in [3.63, 3.8) is 0 Å². The molecule has 0 bridgehead atoms. The van der Waals surface area contributed by atoms with E-state index in [1.54, 1.807) is 24.4 Å². The van der Waals surface area contributed by atoms with Crippen molar-refractivity contribution < 1.29 is 4.74 Å². The number of aromatic nitrogens is 3. The van der Waals surface area contributed by atoms with Gasteiger partial charge in [0.1, 0.15) is 0 Å². The number of rotatable bonds is 7. The Balaban J connectivity index is 1.54. The largest absolute Gasteiger partial charge is 0.378 e. The first-order valence-electron chi connectivity index (χ1n) is 11.4. The molecule has 2 heterocycles. The maximum atomic E-state index is 6.27. The number of halogens is 2. The summed E-state index contributed by atoms with van der Waals surface area (Å²) < 4.78 is 5.52. The van der Waals surface area contributed by atoms with Gasteiger partial charge in [-0.15, -0.1) is 0 Å². The molecule has 182 valence electrons. The van der Waals surface area contributed by atoms with E-state index in [0.29, 0.717) is 59.8 Å². The van der Waals surface area contributed by atoms with Gasteiger partial charge in [-0.2, -0.15) is 20.1 Å². The lowest BCUT2D eigenvalue weighted by Gasteiger charge is -2.28. The number of nitrogens with zero attached hydrogens (tertiary/aromatic N) is 6. The number of hydrazone groups is 1. The molecule has 3 aromatic carbocycles. The van der Waals surface area contributed by atoms with E-state index in [1.807, 2.05) is 65.6 Å². The molecule has 0 unspecified atom stereocenters. The highest BCUT2D eigenvalue weighted by Gasteiger charge is 2.21. The maximum absolute atomic E-state index is 6.27. The highest BCUT2D eigenvalue weighted by molar-refractivity contribution is 6.36. The summed E-state index contributed by atoms with van der Waals surface area (Å²) in [7, 11) is 0. The van der Waals surface area contributed by atoms with Crippen LogP contribution in [0.15, 0.2) is 84.0 Å². The van der Waals surface area contributed by atoms with E-state index in [0.717, 1.165) is 11.4 Å². The molecule has 0 spiro atoms. The summed E-state index contributed by atoms with van der Waals surface area (Å²) >= 11 is 12.3. The van der Waals surface area contributed by atoms with Crippen molar-refractivity contribution in [3.05, 3.63) is 94.5 Å². The number of anilines is 5. The van der Waals surface area contributed by atoms with Gasteiger partial charge in [-0.25, -0.2) is 5.43 Å². The topological polar surface area (TPSA) is 78.8 Å². The summed E-state index contributed by atoms with van der Waals surface area (Å²) in [5, 5.41) is 5.37. The third kappa shape index (κ3) is 5.73. The normalized spacial score (nSPS) is 13.7. The van der Waals surface area contributed by atoms with Gasteiger partial charge in [-0.1, -0.05) is 65.7 Å². The zero-order chi connectivity index (χ0) is 24.7. The van der Waals surface area contributed by atoms with E-state index >= 15 is 0 Å². The zero-order valence-electron chi connectivity index (χ0n) is 19.3. The van der Waals surface area contributed by atoms with Gasteiger partial charge in [0, 0.05) is 35.1 Å². The number of ether oxygens (including phenoxy) is 1. The molecule has 0 radical (unpaired) electrons. The molecule has 1 aliphatic rings. The number of benzene rings is 3. The Bertz CT molecular complexity index is 1290. The molecule has 0 amide bonds. The summed E-state index contributed by atoms with van der Waals surface area (Å²) in [5.74, 6) is 1.31. The smallest absolute Gasteiger partial charge is 0.250 e. The van der Waals surface area contributed by atoms with Gasteiger partial charge in [0.15, 0.2) is 0 Å². The summed E-state index contributed by atoms with van der Waals surface area (Å²) in [6, 6.07) is 25.1. The number of nitrogens with one attached hydrogen (secondary N) is 1. The molecule has 36 heavy (non-hydrogen) atoms. The van der Waals surface area contributed by atoms with Gasteiger partial charge in [-0.3, -0.25) is 4.90 Å². The Morgan fingerprint density at radius 3 is 2.17 bits per heavy atom. The molecule has 8 nitrogen and oxygen atoms in total. The lowest BCUT2D eigenvalue weighted by molar-refractivity contribution is 0.122. The van der Waals surface area contributed by atoms with Crippen LogP contribution >= 0.6 is 23.2 Å². The first-order chi connectivity index (χ1) is 17.7. The van der Waals surface area contributed by atoms with Gasteiger partial charge >= 0.3 is 0 Å². The van der Waals surface area contributed by atoms with Crippen LogP contribution < -0.4 is 15.2 Å². The lowest BCUT2D eigenvalue weighted by atomic mass is 10.2. The molecular weight excluding hydrogens is 497 g/mol. The summed E-state index contributed by atoms with van der Waals surface area (Å²) in [5.41, 5.74) is 5.50. The number of para-hydroxylation sites is 2. The van der Waals surface area contributed by atoms with E-state index in [9.17, 15) is 0 Å². The van der Waals surface area contributed by atoms with Crippen LogP contribution in [0.4, 0.5) is 29.2 Å². The van der Waals surface area contributed by atoms with E-state index < -0.39 is 0 Å². The van der Waals surface area contributed by atoms with Crippen molar-refractivity contribution in [1.82, 2.24) is 15.0 Å². The molecule has 5 rings (SSSR count). The molecule has 0 saturated carbocycles. The number of hydrogen-bond acceptors (Lipinski definition) is 8. The zero-order valence-corrected chi connectivity index (χ0v) is 20.8. The van der Waals surface area contributed by atoms with Crippen molar-refractivity contribution in [3.8, 4) is 0 Å². The second-order valence-corrected chi connectivity index (χ2v) is 8.74. The third-order valence-corrected chi connectivity index (χ3v) is 6.03. The first-order valence-corrected chi connectivity index (χ1v) is 12.2. The van der Waals surface area contributed by atoms with Gasteiger partial charge < -0.3 is 9.64 Å². The highest BCUT2D eigenvalue weighted by Crippen LogP contribution is 2.33. The molecule has 1 aromatic heterocycles. The molecule has 1 N–H and O–H groups in total. The second-order valence-electron chi connectivity index (χ2n) is 7.90. The summed E-state index contributed by atoms with van der Waals surface area (Å²) in [6.07, 6.45) is 1.60. The van der Waals surface area contributed by atoms with E-state index in [-0.39, 0.29) is 0 Å². The Labute approximate surface area is 219 Å². The molecular formula is C26H23Cl2N7O. The molecule has 1 aliphatic heterocycles. The van der Waals surface area contributed by atoms with Gasteiger partial charge in [-0.05, 0) is 36.4 Å². The van der Waals surface area contributed by atoms with Crippen LogP contribution in [0.2, 0.25) is 10.0 Å². The summed E-state index contributed by atoms with van der Waals surface area (Å²) in [6.45, 7) is 2.59. The molecule has 10 heteroatoms. The second kappa shape index (κ2) is 11.3. The molecule has 4 aromatic rings.